The summed E-state index contributed by atoms with van der Waals surface area (Å²) in [4.78, 5) is 48.8. The summed E-state index contributed by atoms with van der Waals surface area (Å²) in [5, 5.41) is 0. The highest BCUT2D eigenvalue weighted by molar-refractivity contribution is 5.85. The van der Waals surface area contributed by atoms with E-state index >= 15 is 0 Å². The van der Waals surface area contributed by atoms with Crippen molar-refractivity contribution < 1.29 is 14.0 Å². The highest BCUT2D eigenvalue weighted by Gasteiger charge is 2.39. The molecule has 2 aliphatic rings. The average molecular weight is 646 g/mol. The third-order valence-electron chi connectivity index (χ3n) is 9.72. The maximum absolute atomic E-state index is 13.9. The summed E-state index contributed by atoms with van der Waals surface area (Å²) in [6.07, 6.45) is 5.27. The van der Waals surface area contributed by atoms with Gasteiger partial charge in [-0.05, 0) is 83.2 Å². The van der Waals surface area contributed by atoms with Gasteiger partial charge < -0.3 is 19.2 Å². The molecule has 10 nitrogen and oxygen atoms in total. The lowest BCUT2D eigenvalue weighted by molar-refractivity contribution is -0.138. The quantitative estimate of drug-likeness (QED) is 0.205. The van der Waals surface area contributed by atoms with Crippen molar-refractivity contribution in [3.63, 3.8) is 0 Å². The molecule has 0 bridgehead atoms. The first-order valence-electron chi connectivity index (χ1n) is 16.8. The van der Waals surface area contributed by atoms with Crippen LogP contribution >= 0.6 is 0 Å². The van der Waals surface area contributed by atoms with E-state index in [9.17, 15) is 9.59 Å². The number of H-pyrrole nitrogens is 1. The van der Waals surface area contributed by atoms with Crippen molar-refractivity contribution in [3.05, 3.63) is 108 Å². The van der Waals surface area contributed by atoms with Crippen LogP contribution in [0.25, 0.3) is 22.5 Å². The summed E-state index contributed by atoms with van der Waals surface area (Å²) in [6, 6.07) is 24.8. The van der Waals surface area contributed by atoms with E-state index in [1.54, 1.807) is 6.20 Å². The number of benzene rings is 3. The number of carbonyl (C=O) groups is 2. The topological polar surface area (TPSA) is 102 Å². The Balaban J connectivity index is 1.11. The third-order valence-corrected chi connectivity index (χ3v) is 9.72. The number of aromatic nitrogens is 3. The van der Waals surface area contributed by atoms with Crippen molar-refractivity contribution in [2.24, 2.45) is 0 Å². The fourth-order valence-electron chi connectivity index (χ4n) is 7.44. The molecule has 3 aromatic carbocycles. The number of imidazole rings is 1. The Morgan fingerprint density at radius 1 is 0.792 bits per heavy atom. The first kappa shape index (κ1) is 31.8. The van der Waals surface area contributed by atoms with Crippen LogP contribution in [-0.2, 0) is 9.59 Å². The van der Waals surface area contributed by atoms with Crippen LogP contribution in [0.5, 0.6) is 0 Å². The van der Waals surface area contributed by atoms with Gasteiger partial charge in [0.15, 0.2) is 0 Å². The van der Waals surface area contributed by atoms with Gasteiger partial charge in [0, 0.05) is 18.7 Å². The van der Waals surface area contributed by atoms with Crippen molar-refractivity contribution in [2.75, 3.05) is 41.3 Å². The summed E-state index contributed by atoms with van der Waals surface area (Å²) in [7, 11) is 7.78. The molecule has 2 amide bonds. The highest BCUT2D eigenvalue weighted by Crippen LogP contribution is 2.38. The molecular weight excluding hydrogens is 602 g/mol. The number of hydrogen-bond acceptors (Lipinski definition) is 7. The summed E-state index contributed by atoms with van der Waals surface area (Å²) < 4.78 is 6.36. The van der Waals surface area contributed by atoms with Gasteiger partial charge in [0.1, 0.15) is 23.7 Å². The van der Waals surface area contributed by atoms with Crippen LogP contribution in [0.3, 0.4) is 0 Å². The second-order valence-corrected chi connectivity index (χ2v) is 13.4. The lowest BCUT2D eigenvalue weighted by Gasteiger charge is -2.31. The molecule has 2 aliphatic heterocycles. The second-order valence-electron chi connectivity index (χ2n) is 13.4. The number of likely N-dealkylation sites (N-methyl/N-ethyl adjacent to an activating group) is 2. The fraction of sp³-hybridized carbons (Fsp3) is 0.368. The lowest BCUT2D eigenvalue weighted by atomic mass is 10.0. The summed E-state index contributed by atoms with van der Waals surface area (Å²) in [5.74, 6) is 2.14. The maximum atomic E-state index is 13.9. The molecule has 4 atom stereocenters. The molecule has 248 valence electrons. The number of oxazole rings is 1. The van der Waals surface area contributed by atoms with E-state index in [0.29, 0.717) is 24.7 Å². The van der Waals surface area contributed by atoms with Crippen molar-refractivity contribution in [3.8, 4) is 11.5 Å². The number of rotatable bonds is 9. The van der Waals surface area contributed by atoms with Gasteiger partial charge in [-0.25, -0.2) is 9.97 Å². The Hall–Kier alpha value is -4.80. The Morgan fingerprint density at radius 3 is 1.94 bits per heavy atom. The van der Waals surface area contributed by atoms with Gasteiger partial charge in [0.25, 0.3) is 0 Å². The molecule has 0 spiro atoms. The zero-order chi connectivity index (χ0) is 33.4. The second kappa shape index (κ2) is 13.4. The molecule has 0 unspecified atom stereocenters. The fourth-order valence-corrected chi connectivity index (χ4v) is 7.44. The number of likely N-dealkylation sites (tertiary alicyclic amines) is 2. The van der Waals surface area contributed by atoms with Gasteiger partial charge in [0.2, 0.25) is 17.7 Å². The van der Waals surface area contributed by atoms with Gasteiger partial charge in [0.05, 0.1) is 29.3 Å². The van der Waals surface area contributed by atoms with Crippen LogP contribution in [0.2, 0.25) is 0 Å². The SMILES string of the molecule is CN(C)[C@@H](C(=O)N1CCC[C@H]1c1nc2ccc(-c3ncc([C@@H]4CCCN4C(=O)[C@@H](c4ccccc4)N(C)C)o3)cc2[nH]1)c1ccccc1. The zero-order valence-electron chi connectivity index (χ0n) is 28.0. The van der Waals surface area contributed by atoms with Crippen molar-refractivity contribution in [2.45, 2.75) is 49.9 Å². The minimum Gasteiger partial charge on any atom is -0.439 e. The number of nitrogens with zero attached hydrogens (tertiary/aromatic N) is 6. The van der Waals surface area contributed by atoms with Crippen molar-refractivity contribution in [1.82, 2.24) is 34.6 Å². The van der Waals surface area contributed by atoms with E-state index in [1.807, 2.05) is 127 Å². The highest BCUT2D eigenvalue weighted by atomic mass is 16.4. The first-order chi connectivity index (χ1) is 23.3. The molecule has 2 saturated heterocycles. The molecule has 0 aliphatic carbocycles. The van der Waals surface area contributed by atoms with E-state index < -0.39 is 0 Å². The van der Waals surface area contributed by atoms with E-state index in [1.165, 1.54) is 0 Å². The normalized spacial score (nSPS) is 19.5. The Labute approximate surface area is 281 Å². The summed E-state index contributed by atoms with van der Waals surface area (Å²) in [6.45, 7) is 1.38. The maximum Gasteiger partial charge on any atom is 0.245 e. The van der Waals surface area contributed by atoms with Crippen molar-refractivity contribution in [1.29, 1.82) is 0 Å². The van der Waals surface area contributed by atoms with E-state index in [2.05, 4.69) is 9.97 Å². The Kier molecular flexibility index (Phi) is 8.85. The standard InChI is InChI=1S/C38H43N7O3/c1-42(2)33(25-13-7-5-8-14-25)37(46)44-21-11-17-30(44)32-24-39-36(48-32)27-19-20-28-29(23-27)41-35(40-28)31-18-12-22-45(31)38(47)34(43(3)4)26-15-9-6-10-16-26/h5-10,13-16,19-20,23-24,30-31,33-34H,11-12,17-18,21-22H2,1-4H3,(H,40,41)/t30-,31-,33+,34+/m0/s1. The van der Waals surface area contributed by atoms with Crippen LogP contribution in [0.4, 0.5) is 0 Å². The molecule has 4 heterocycles. The predicted octanol–water partition coefficient (Wildman–Crippen LogP) is 6.15. The molecular formula is C38H43N7O3. The van der Waals surface area contributed by atoms with Gasteiger partial charge in [-0.15, -0.1) is 0 Å². The number of fused-ring (bicyclic) bond motifs is 1. The molecule has 7 rings (SSSR count). The van der Waals surface area contributed by atoms with Crippen LogP contribution in [-0.4, -0.2) is 87.6 Å². The first-order valence-corrected chi connectivity index (χ1v) is 16.8. The number of aromatic amines is 1. The van der Waals surface area contributed by atoms with Crippen LogP contribution in [0, 0.1) is 0 Å². The van der Waals surface area contributed by atoms with Crippen molar-refractivity contribution >= 4 is 22.8 Å². The molecule has 2 fully saturated rings. The molecule has 0 radical (unpaired) electrons. The number of amides is 2. The summed E-state index contributed by atoms with van der Waals surface area (Å²) in [5.41, 5.74) is 4.48. The largest absolute Gasteiger partial charge is 0.439 e. The van der Waals surface area contributed by atoms with Gasteiger partial charge >= 0.3 is 0 Å². The van der Waals surface area contributed by atoms with E-state index in [0.717, 1.165) is 59.2 Å². The summed E-state index contributed by atoms with van der Waals surface area (Å²) >= 11 is 0. The van der Waals surface area contributed by atoms with E-state index in [-0.39, 0.29) is 36.0 Å². The minimum absolute atomic E-state index is 0.0677. The Bertz CT molecular complexity index is 1880. The molecule has 48 heavy (non-hydrogen) atoms. The zero-order valence-corrected chi connectivity index (χ0v) is 28.0. The van der Waals surface area contributed by atoms with Gasteiger partial charge in [-0.1, -0.05) is 60.7 Å². The van der Waals surface area contributed by atoms with Crippen LogP contribution in [0.15, 0.2) is 89.5 Å². The number of nitrogens with one attached hydrogen (secondary N) is 1. The van der Waals surface area contributed by atoms with Crippen LogP contribution < -0.4 is 0 Å². The van der Waals surface area contributed by atoms with Gasteiger partial charge in [-0.3, -0.25) is 19.4 Å². The molecule has 2 aromatic heterocycles. The molecule has 1 N–H and O–H groups in total. The minimum atomic E-state index is -0.371. The predicted molar refractivity (Wildman–Crippen MR) is 185 cm³/mol. The lowest BCUT2D eigenvalue weighted by Crippen LogP contribution is -2.40. The third kappa shape index (κ3) is 6.02. The number of carbonyl (C=O) groups excluding carboxylic acids is 2. The molecule has 10 heteroatoms. The monoisotopic (exact) mass is 645 g/mol. The van der Waals surface area contributed by atoms with Crippen LogP contribution in [0.1, 0.15) is 72.6 Å². The Morgan fingerprint density at radius 2 is 1.35 bits per heavy atom. The molecule has 0 saturated carbocycles. The average Bonchev–Trinajstić information content (AvgIpc) is 3.91. The smallest absolute Gasteiger partial charge is 0.245 e. The van der Waals surface area contributed by atoms with Gasteiger partial charge in [-0.2, -0.15) is 0 Å². The van der Waals surface area contributed by atoms with E-state index in [4.69, 9.17) is 9.40 Å². The number of hydrogen-bond donors (Lipinski definition) is 1. The molecule has 5 aromatic rings.